The van der Waals surface area contributed by atoms with Gasteiger partial charge in [0.15, 0.2) is 11.9 Å². The number of alkyl halides is 1. The highest BCUT2D eigenvalue weighted by Gasteiger charge is 2.26. The molecule has 37 heavy (non-hydrogen) atoms. The Morgan fingerprint density at radius 1 is 1.08 bits per heavy atom. The topological polar surface area (TPSA) is 92.0 Å². The van der Waals surface area contributed by atoms with Gasteiger partial charge in [-0.05, 0) is 35.4 Å². The van der Waals surface area contributed by atoms with Crippen LogP contribution in [0.5, 0.6) is 11.5 Å². The van der Waals surface area contributed by atoms with E-state index >= 15 is 0 Å². The first kappa shape index (κ1) is 28.8. The highest BCUT2D eigenvalue weighted by molar-refractivity contribution is 6.37. The molecule has 11 heteroatoms. The summed E-state index contributed by atoms with van der Waals surface area (Å²) >= 11 is 18.6. The minimum Gasteiger partial charge on any atom is -0.490 e. The molecular weight excluding hydrogens is 541 g/mol. The Labute approximate surface area is 230 Å². The second kappa shape index (κ2) is 13.1. The van der Waals surface area contributed by atoms with Crippen LogP contribution >= 0.6 is 34.8 Å². The van der Waals surface area contributed by atoms with Crippen molar-refractivity contribution in [3.05, 3.63) is 81.2 Å². The van der Waals surface area contributed by atoms with E-state index in [0.717, 1.165) is 11.1 Å². The maximum absolute atomic E-state index is 11.5. The fourth-order valence-electron chi connectivity index (χ4n) is 3.65. The van der Waals surface area contributed by atoms with Crippen molar-refractivity contribution in [2.24, 2.45) is 5.18 Å². The Bertz CT molecular complexity index is 1160. The number of carbonyl (C=O) groups is 1. The van der Waals surface area contributed by atoms with E-state index in [9.17, 15) is 9.70 Å². The number of imidazole rings is 1. The lowest BCUT2D eigenvalue weighted by molar-refractivity contribution is -0.148. The molecule has 0 spiro atoms. The SMILES string of the molecule is CC(=O)OC(COc1ccc(C(C)(C)c2cc(Cl)c(OCC(CCl)N=O)c(Cl)c2)cc1)Cn1ccnc1. The lowest BCUT2D eigenvalue weighted by Gasteiger charge is -2.27. The minimum atomic E-state index is -0.694. The summed E-state index contributed by atoms with van der Waals surface area (Å²) < 4.78 is 18.7. The zero-order valence-electron chi connectivity index (χ0n) is 20.7. The van der Waals surface area contributed by atoms with Crippen LogP contribution in [0.4, 0.5) is 0 Å². The molecule has 0 aliphatic carbocycles. The maximum atomic E-state index is 11.5. The molecule has 1 heterocycles. The Morgan fingerprint density at radius 3 is 2.30 bits per heavy atom. The van der Waals surface area contributed by atoms with Gasteiger partial charge in [0.2, 0.25) is 0 Å². The summed E-state index contributed by atoms with van der Waals surface area (Å²) in [6.45, 7) is 6.08. The van der Waals surface area contributed by atoms with Crippen molar-refractivity contribution in [2.75, 3.05) is 19.1 Å². The smallest absolute Gasteiger partial charge is 0.303 e. The number of nitroso groups, excluding NO2 is 1. The van der Waals surface area contributed by atoms with Crippen LogP contribution in [0.1, 0.15) is 31.9 Å². The van der Waals surface area contributed by atoms with Gasteiger partial charge >= 0.3 is 5.97 Å². The number of esters is 1. The third-order valence-electron chi connectivity index (χ3n) is 5.79. The molecule has 0 saturated carbocycles. The van der Waals surface area contributed by atoms with Crippen LogP contribution in [-0.2, 0) is 21.5 Å². The lowest BCUT2D eigenvalue weighted by Crippen LogP contribution is -2.28. The van der Waals surface area contributed by atoms with Crippen LogP contribution in [0.2, 0.25) is 10.0 Å². The quantitative estimate of drug-likeness (QED) is 0.137. The number of ether oxygens (including phenoxy) is 3. The number of benzene rings is 2. The highest BCUT2D eigenvalue weighted by atomic mass is 35.5. The van der Waals surface area contributed by atoms with E-state index < -0.39 is 17.6 Å². The van der Waals surface area contributed by atoms with Crippen LogP contribution in [0, 0.1) is 4.91 Å². The molecule has 1 aromatic heterocycles. The van der Waals surface area contributed by atoms with E-state index in [1.54, 1.807) is 30.9 Å². The Hall–Kier alpha value is -2.81. The van der Waals surface area contributed by atoms with Crippen molar-refractivity contribution in [3.63, 3.8) is 0 Å². The third-order valence-corrected chi connectivity index (χ3v) is 6.70. The van der Waals surface area contributed by atoms with Crippen LogP contribution in [-0.4, -0.2) is 46.8 Å². The molecule has 3 rings (SSSR count). The molecule has 2 unspecified atom stereocenters. The van der Waals surface area contributed by atoms with E-state index in [1.165, 1.54) is 6.92 Å². The zero-order chi connectivity index (χ0) is 27.0. The highest BCUT2D eigenvalue weighted by Crippen LogP contribution is 2.40. The van der Waals surface area contributed by atoms with Crippen LogP contribution < -0.4 is 9.47 Å². The normalized spacial score (nSPS) is 13.0. The molecule has 3 aromatic rings. The Morgan fingerprint density at radius 2 is 1.76 bits per heavy atom. The first-order valence-corrected chi connectivity index (χ1v) is 12.8. The molecule has 0 amide bonds. The summed E-state index contributed by atoms with van der Waals surface area (Å²) in [6, 6.07) is 10.5. The summed E-state index contributed by atoms with van der Waals surface area (Å²) in [5.41, 5.74) is 1.43. The van der Waals surface area contributed by atoms with Crippen molar-refractivity contribution < 1.29 is 19.0 Å². The molecular formula is C26H28Cl3N3O5. The Balaban J connectivity index is 1.70. The average molecular weight is 569 g/mol. The fourth-order valence-corrected chi connectivity index (χ4v) is 4.40. The van der Waals surface area contributed by atoms with Crippen molar-refractivity contribution in [1.82, 2.24) is 9.55 Å². The van der Waals surface area contributed by atoms with Gasteiger partial charge in [-0.25, -0.2) is 4.98 Å². The maximum Gasteiger partial charge on any atom is 0.303 e. The predicted octanol–water partition coefficient (Wildman–Crippen LogP) is 6.28. The van der Waals surface area contributed by atoms with E-state index in [2.05, 4.69) is 10.2 Å². The summed E-state index contributed by atoms with van der Waals surface area (Å²) in [5, 5.41) is 3.55. The summed E-state index contributed by atoms with van der Waals surface area (Å²) in [5.74, 6) is 0.584. The first-order chi connectivity index (χ1) is 17.6. The second-order valence-corrected chi connectivity index (χ2v) is 10.1. The minimum absolute atomic E-state index is 0.0166. The number of aromatic nitrogens is 2. The van der Waals surface area contributed by atoms with Gasteiger partial charge in [0.05, 0.1) is 28.8 Å². The average Bonchev–Trinajstić information content (AvgIpc) is 3.37. The van der Waals surface area contributed by atoms with Crippen molar-refractivity contribution in [2.45, 2.75) is 44.9 Å². The fraction of sp³-hybridized carbons (Fsp3) is 0.385. The van der Waals surface area contributed by atoms with Gasteiger partial charge < -0.3 is 18.8 Å². The molecule has 2 atom stereocenters. The number of nitrogens with zero attached hydrogens (tertiary/aromatic N) is 3. The number of halogens is 3. The van der Waals surface area contributed by atoms with Gasteiger partial charge in [0, 0.05) is 24.7 Å². The molecule has 0 radical (unpaired) electrons. The van der Waals surface area contributed by atoms with Crippen LogP contribution in [0.15, 0.2) is 60.3 Å². The van der Waals surface area contributed by atoms with Crippen molar-refractivity contribution >= 4 is 40.8 Å². The molecule has 198 valence electrons. The molecule has 0 fully saturated rings. The molecule has 0 bridgehead atoms. The second-order valence-electron chi connectivity index (χ2n) is 8.94. The molecule has 0 N–H and O–H groups in total. The largest absolute Gasteiger partial charge is 0.490 e. The summed E-state index contributed by atoms with van der Waals surface area (Å²) in [6.07, 6.45) is 4.65. The summed E-state index contributed by atoms with van der Waals surface area (Å²) in [4.78, 5) is 26.3. The van der Waals surface area contributed by atoms with Gasteiger partial charge in [-0.1, -0.05) is 54.4 Å². The zero-order valence-corrected chi connectivity index (χ0v) is 23.0. The van der Waals surface area contributed by atoms with Gasteiger partial charge in [-0.3, -0.25) is 4.79 Å². The van der Waals surface area contributed by atoms with Gasteiger partial charge in [-0.15, -0.1) is 11.6 Å². The van der Waals surface area contributed by atoms with Crippen molar-refractivity contribution in [3.8, 4) is 11.5 Å². The number of carbonyl (C=O) groups excluding carboxylic acids is 1. The molecule has 2 aromatic carbocycles. The van der Waals surface area contributed by atoms with Crippen LogP contribution in [0.25, 0.3) is 0 Å². The van der Waals surface area contributed by atoms with Gasteiger partial charge in [0.1, 0.15) is 25.0 Å². The first-order valence-electron chi connectivity index (χ1n) is 11.5. The molecule has 8 nitrogen and oxygen atoms in total. The monoisotopic (exact) mass is 567 g/mol. The molecule has 0 aliphatic heterocycles. The predicted molar refractivity (Wildman–Crippen MR) is 144 cm³/mol. The summed E-state index contributed by atoms with van der Waals surface area (Å²) in [7, 11) is 0. The number of rotatable bonds is 13. The van der Waals surface area contributed by atoms with Crippen LogP contribution in [0.3, 0.4) is 0 Å². The van der Waals surface area contributed by atoms with Gasteiger partial charge in [0.25, 0.3) is 0 Å². The van der Waals surface area contributed by atoms with E-state index in [4.69, 9.17) is 49.0 Å². The van der Waals surface area contributed by atoms with E-state index in [-0.39, 0.29) is 30.8 Å². The van der Waals surface area contributed by atoms with Gasteiger partial charge in [-0.2, -0.15) is 4.91 Å². The van der Waals surface area contributed by atoms with E-state index in [1.807, 2.05) is 42.7 Å². The Kier molecular flexibility index (Phi) is 10.2. The third kappa shape index (κ3) is 7.84. The lowest BCUT2D eigenvalue weighted by atomic mass is 9.78. The standard InChI is InChI=1S/C26H28Cl3N3O5/c1-17(33)37-22(13-32-9-8-30-16-32)15-35-21-6-4-18(5-7-21)26(2,3)19-10-23(28)25(24(29)11-19)36-14-20(12-27)31-34/h4-11,16,20,22H,12-15H2,1-3H3. The number of hydrogen-bond donors (Lipinski definition) is 0. The molecule has 0 aliphatic rings. The molecule has 0 saturated heterocycles. The number of hydrogen-bond acceptors (Lipinski definition) is 7. The van der Waals surface area contributed by atoms with Crippen molar-refractivity contribution in [1.29, 1.82) is 0 Å². The van der Waals surface area contributed by atoms with E-state index in [0.29, 0.717) is 22.3 Å².